The van der Waals surface area contributed by atoms with Crippen molar-refractivity contribution in [1.29, 1.82) is 0 Å². The Labute approximate surface area is 154 Å². The number of fused-ring (bicyclic) bond motifs is 3. The van der Waals surface area contributed by atoms with Gasteiger partial charge in [-0.2, -0.15) is 0 Å². The average Bonchev–Trinajstić information content (AvgIpc) is 2.92. The highest BCUT2D eigenvalue weighted by atomic mass is 16.4. The van der Waals surface area contributed by atoms with Crippen LogP contribution in [0.5, 0.6) is 0 Å². The van der Waals surface area contributed by atoms with Gasteiger partial charge in [0.05, 0.1) is 22.2 Å². The Bertz CT molecular complexity index is 1110. The highest BCUT2D eigenvalue weighted by Crippen LogP contribution is 2.52. The number of anilines is 1. The summed E-state index contributed by atoms with van der Waals surface area (Å²) in [7, 11) is 0. The Hall–Kier alpha value is -2.96. The number of hydrogen-bond acceptors (Lipinski definition) is 5. The Kier molecular flexibility index (Phi) is 3.73. The van der Waals surface area contributed by atoms with Gasteiger partial charge in [0.2, 0.25) is 5.43 Å². The summed E-state index contributed by atoms with van der Waals surface area (Å²) in [6, 6.07) is -0.0327. The van der Waals surface area contributed by atoms with E-state index >= 15 is 0 Å². The lowest BCUT2D eigenvalue weighted by molar-refractivity contribution is 0.0694. The van der Waals surface area contributed by atoms with Crippen molar-refractivity contribution in [3.63, 3.8) is 0 Å². The molecular weight excluding hydrogens is 348 g/mol. The largest absolute Gasteiger partial charge is 0.477 e. The molecule has 1 aromatic carbocycles. The maximum atomic E-state index is 12.9. The number of benzene rings is 1. The van der Waals surface area contributed by atoms with Crippen LogP contribution in [0.1, 0.15) is 88.1 Å². The van der Waals surface area contributed by atoms with Crippen LogP contribution >= 0.6 is 0 Å². The van der Waals surface area contributed by atoms with Crippen molar-refractivity contribution in [1.82, 2.24) is 4.57 Å². The fourth-order valence-electron chi connectivity index (χ4n) is 4.96. The zero-order chi connectivity index (χ0) is 19.6. The molecule has 3 N–H and O–H groups in total. The smallest absolute Gasteiger partial charge is 0.341 e. The molecule has 2 aromatic rings. The van der Waals surface area contributed by atoms with Crippen molar-refractivity contribution in [2.45, 2.75) is 51.5 Å². The lowest BCUT2D eigenvalue weighted by Gasteiger charge is -2.28. The molecule has 1 aliphatic heterocycles. The van der Waals surface area contributed by atoms with Crippen molar-refractivity contribution >= 4 is 34.1 Å². The number of nitrogens with zero attached hydrogens (tertiary/aromatic N) is 1. The van der Waals surface area contributed by atoms with E-state index in [9.17, 15) is 24.3 Å². The first-order valence-electron chi connectivity index (χ1n) is 9.05. The third kappa shape index (κ3) is 2.20. The lowest BCUT2D eigenvalue weighted by atomic mass is 9.78. The number of nitrogens with two attached hydrogens (primary N) is 1. The van der Waals surface area contributed by atoms with E-state index in [0.29, 0.717) is 11.1 Å². The summed E-state index contributed by atoms with van der Waals surface area (Å²) in [5.74, 6) is -2.02. The highest BCUT2D eigenvalue weighted by Gasteiger charge is 2.41. The van der Waals surface area contributed by atoms with E-state index in [0.717, 1.165) is 25.7 Å². The van der Waals surface area contributed by atoms with Gasteiger partial charge in [-0.15, -0.1) is 0 Å². The van der Waals surface area contributed by atoms with Crippen LogP contribution in [-0.2, 0) is 0 Å². The molecule has 140 valence electrons. The van der Waals surface area contributed by atoms with E-state index in [-0.39, 0.29) is 45.5 Å². The van der Waals surface area contributed by atoms with E-state index in [1.807, 2.05) is 4.57 Å². The first-order chi connectivity index (χ1) is 12.8. The number of carbonyl (C=O) groups excluding carboxylic acids is 2. The molecule has 2 atom stereocenters. The van der Waals surface area contributed by atoms with Gasteiger partial charge in [0.25, 0.3) is 0 Å². The summed E-state index contributed by atoms with van der Waals surface area (Å²) in [4.78, 5) is 49.4. The zero-order valence-electron chi connectivity index (χ0n) is 15.2. The van der Waals surface area contributed by atoms with Gasteiger partial charge in [-0.05, 0) is 32.3 Å². The highest BCUT2D eigenvalue weighted by molar-refractivity contribution is 6.18. The van der Waals surface area contributed by atoms with Crippen LogP contribution in [0, 0.1) is 0 Å². The predicted octanol–water partition coefficient (Wildman–Crippen LogP) is 2.90. The van der Waals surface area contributed by atoms with Crippen molar-refractivity contribution in [2.24, 2.45) is 0 Å². The molecule has 0 radical (unpaired) electrons. The zero-order valence-corrected chi connectivity index (χ0v) is 15.2. The van der Waals surface area contributed by atoms with E-state index in [4.69, 9.17) is 5.73 Å². The van der Waals surface area contributed by atoms with Gasteiger partial charge >= 0.3 is 5.97 Å². The minimum Gasteiger partial charge on any atom is -0.477 e. The number of carboxylic acid groups (broad SMARTS) is 1. The molecule has 1 fully saturated rings. The van der Waals surface area contributed by atoms with Gasteiger partial charge in [-0.25, -0.2) is 4.79 Å². The SMILES string of the molecule is CC(=O)c1c(C(C)=O)c2c3c(c1N)c(=O)c(C(=O)O)cn3C1CCCCC21. The second-order valence-electron chi connectivity index (χ2n) is 7.46. The van der Waals surface area contributed by atoms with Crippen LogP contribution in [0.25, 0.3) is 10.9 Å². The van der Waals surface area contributed by atoms with Gasteiger partial charge in [-0.1, -0.05) is 12.8 Å². The number of carboxylic acids is 1. The number of rotatable bonds is 3. The monoisotopic (exact) mass is 368 g/mol. The van der Waals surface area contributed by atoms with Gasteiger partial charge in [0.15, 0.2) is 11.6 Å². The molecule has 2 heterocycles. The van der Waals surface area contributed by atoms with E-state index < -0.39 is 17.2 Å². The van der Waals surface area contributed by atoms with Crippen LogP contribution in [0.3, 0.4) is 0 Å². The predicted molar refractivity (Wildman–Crippen MR) is 99.8 cm³/mol. The molecule has 0 bridgehead atoms. The fourth-order valence-corrected chi connectivity index (χ4v) is 4.96. The van der Waals surface area contributed by atoms with Gasteiger partial charge < -0.3 is 15.4 Å². The normalized spacial score (nSPS) is 20.5. The molecule has 1 saturated carbocycles. The first kappa shape index (κ1) is 17.5. The Morgan fingerprint density at radius 2 is 1.74 bits per heavy atom. The van der Waals surface area contributed by atoms with Crippen LogP contribution in [0.4, 0.5) is 5.69 Å². The van der Waals surface area contributed by atoms with E-state index in [1.165, 1.54) is 20.0 Å². The summed E-state index contributed by atoms with van der Waals surface area (Å²) < 4.78 is 1.81. The molecule has 27 heavy (non-hydrogen) atoms. The molecule has 0 spiro atoms. The van der Waals surface area contributed by atoms with Crippen LogP contribution < -0.4 is 11.2 Å². The minimum absolute atomic E-state index is 0.0257. The average molecular weight is 368 g/mol. The number of Topliss-reactive ketones (excluding diaryl/α,β-unsaturated/α-hetero) is 2. The summed E-state index contributed by atoms with van der Waals surface area (Å²) in [6.07, 6.45) is 4.98. The van der Waals surface area contributed by atoms with E-state index in [2.05, 4.69) is 0 Å². The quantitative estimate of drug-likeness (QED) is 0.635. The summed E-state index contributed by atoms with van der Waals surface area (Å²) in [5, 5.41) is 9.55. The Balaban J connectivity index is 2.29. The fraction of sp³-hybridized carbons (Fsp3) is 0.400. The van der Waals surface area contributed by atoms with Crippen LogP contribution in [0.15, 0.2) is 11.0 Å². The molecule has 7 nitrogen and oxygen atoms in total. The summed E-state index contributed by atoms with van der Waals surface area (Å²) in [6.45, 7) is 2.71. The molecule has 4 rings (SSSR count). The van der Waals surface area contributed by atoms with E-state index in [1.54, 1.807) is 0 Å². The molecule has 0 amide bonds. The number of aromatic carboxylic acids is 1. The Morgan fingerprint density at radius 3 is 2.33 bits per heavy atom. The van der Waals surface area contributed by atoms with Crippen molar-refractivity contribution < 1.29 is 19.5 Å². The van der Waals surface area contributed by atoms with Crippen molar-refractivity contribution in [2.75, 3.05) is 5.73 Å². The maximum absolute atomic E-state index is 12.9. The molecule has 1 aliphatic carbocycles. The second kappa shape index (κ2) is 5.77. The molecule has 2 aliphatic rings. The van der Waals surface area contributed by atoms with Gasteiger partial charge in [-0.3, -0.25) is 14.4 Å². The second-order valence-corrected chi connectivity index (χ2v) is 7.46. The third-order valence-electron chi connectivity index (χ3n) is 5.94. The van der Waals surface area contributed by atoms with Crippen molar-refractivity contribution in [3.05, 3.63) is 38.7 Å². The number of pyridine rings is 1. The number of ketones is 2. The molecule has 2 unspecified atom stereocenters. The number of nitrogen functional groups attached to an aromatic ring is 1. The van der Waals surface area contributed by atoms with Gasteiger partial charge in [0.1, 0.15) is 5.56 Å². The van der Waals surface area contributed by atoms with Gasteiger partial charge in [0, 0.05) is 23.7 Å². The number of carbonyl (C=O) groups is 3. The standard InChI is InChI=1S/C20H20N2O5/c1-8(23)13-14(9(2)24)17(21)16-18-15(13)10-5-3-4-6-12(10)22(18)7-11(19(16)25)20(26)27/h7,10,12H,3-6,21H2,1-2H3,(H,26,27). The number of aromatic nitrogens is 1. The molecule has 1 aromatic heterocycles. The molecule has 7 heteroatoms. The van der Waals surface area contributed by atoms with Crippen molar-refractivity contribution in [3.8, 4) is 0 Å². The van der Waals surface area contributed by atoms with Crippen LogP contribution in [0.2, 0.25) is 0 Å². The molecule has 0 saturated heterocycles. The molecular formula is C20H20N2O5. The third-order valence-corrected chi connectivity index (χ3v) is 5.94. The summed E-state index contributed by atoms with van der Waals surface area (Å²) in [5.41, 5.74) is 6.59. The lowest BCUT2D eigenvalue weighted by Crippen LogP contribution is -2.22. The summed E-state index contributed by atoms with van der Waals surface area (Å²) >= 11 is 0. The number of hydrogen-bond donors (Lipinski definition) is 2. The van der Waals surface area contributed by atoms with Crippen LogP contribution in [-0.4, -0.2) is 27.2 Å². The first-order valence-corrected chi connectivity index (χ1v) is 9.05. The Morgan fingerprint density at radius 1 is 1.11 bits per heavy atom. The topological polar surface area (TPSA) is 119 Å². The maximum Gasteiger partial charge on any atom is 0.341 e. The minimum atomic E-state index is -1.33.